The van der Waals surface area contributed by atoms with E-state index >= 15 is 0 Å². The summed E-state index contributed by atoms with van der Waals surface area (Å²) in [6.07, 6.45) is 3.05. The summed E-state index contributed by atoms with van der Waals surface area (Å²) in [5.74, 6) is 1.58. The molecule has 0 saturated heterocycles. The predicted molar refractivity (Wildman–Crippen MR) is 72.3 cm³/mol. The van der Waals surface area contributed by atoms with Crippen LogP contribution in [0.3, 0.4) is 0 Å². The predicted octanol–water partition coefficient (Wildman–Crippen LogP) is 1.96. The molecular formula is C14H24N2O2. The molecule has 0 aliphatic rings. The number of furan rings is 1. The van der Waals surface area contributed by atoms with Crippen molar-refractivity contribution in [3.8, 4) is 0 Å². The summed E-state index contributed by atoms with van der Waals surface area (Å²) < 4.78 is 5.28. The van der Waals surface area contributed by atoms with E-state index in [0.717, 1.165) is 18.7 Å². The maximum absolute atomic E-state index is 11.5. The molecule has 0 aliphatic carbocycles. The third-order valence-electron chi connectivity index (χ3n) is 2.64. The van der Waals surface area contributed by atoms with Crippen LogP contribution in [0.4, 0.5) is 0 Å². The Hall–Kier alpha value is -1.29. The third-order valence-corrected chi connectivity index (χ3v) is 2.64. The molecule has 0 aromatic carbocycles. The van der Waals surface area contributed by atoms with Crippen LogP contribution >= 0.6 is 0 Å². The van der Waals surface area contributed by atoms with E-state index in [1.165, 1.54) is 0 Å². The normalized spacial score (nSPS) is 12.7. The smallest absolute Gasteiger partial charge is 0.221 e. The first-order valence-corrected chi connectivity index (χ1v) is 6.60. The Kier molecular flexibility index (Phi) is 6.50. The number of nitrogens with one attached hydrogen (secondary N) is 2. The lowest BCUT2D eigenvalue weighted by molar-refractivity contribution is -0.121. The molecule has 102 valence electrons. The highest BCUT2D eigenvalue weighted by atomic mass is 16.3. The van der Waals surface area contributed by atoms with Crippen LogP contribution < -0.4 is 10.6 Å². The maximum Gasteiger partial charge on any atom is 0.221 e. The van der Waals surface area contributed by atoms with E-state index < -0.39 is 0 Å². The van der Waals surface area contributed by atoms with Crippen molar-refractivity contribution in [2.24, 2.45) is 5.92 Å². The SMILES string of the molecule is CC(C)CNC(=O)CCNC(C)Cc1ccco1. The fraction of sp³-hybridized carbons (Fsp3) is 0.643. The Morgan fingerprint density at radius 1 is 1.39 bits per heavy atom. The minimum absolute atomic E-state index is 0.112. The molecule has 0 fully saturated rings. The number of hydrogen-bond donors (Lipinski definition) is 2. The molecule has 1 aromatic heterocycles. The van der Waals surface area contributed by atoms with Crippen molar-refractivity contribution in [2.45, 2.75) is 39.7 Å². The van der Waals surface area contributed by atoms with Crippen molar-refractivity contribution in [3.63, 3.8) is 0 Å². The molecule has 1 aromatic rings. The van der Waals surface area contributed by atoms with E-state index in [1.54, 1.807) is 6.26 Å². The van der Waals surface area contributed by atoms with Gasteiger partial charge in [-0.15, -0.1) is 0 Å². The molecule has 0 saturated carbocycles. The number of carbonyl (C=O) groups is 1. The summed E-state index contributed by atoms with van der Waals surface area (Å²) in [5.41, 5.74) is 0. The van der Waals surface area contributed by atoms with E-state index in [2.05, 4.69) is 31.4 Å². The number of rotatable bonds is 8. The fourth-order valence-corrected chi connectivity index (χ4v) is 1.64. The van der Waals surface area contributed by atoms with Gasteiger partial charge in [-0.3, -0.25) is 4.79 Å². The topological polar surface area (TPSA) is 54.3 Å². The van der Waals surface area contributed by atoms with Gasteiger partial charge in [-0.25, -0.2) is 0 Å². The molecule has 0 radical (unpaired) electrons. The largest absolute Gasteiger partial charge is 0.469 e. The van der Waals surface area contributed by atoms with Crippen LogP contribution in [0.1, 0.15) is 33.0 Å². The van der Waals surface area contributed by atoms with Crippen molar-refractivity contribution >= 4 is 5.91 Å². The molecule has 1 amide bonds. The number of amides is 1. The number of carbonyl (C=O) groups excluding carboxylic acids is 1. The van der Waals surface area contributed by atoms with Crippen molar-refractivity contribution in [3.05, 3.63) is 24.2 Å². The first-order valence-electron chi connectivity index (χ1n) is 6.60. The molecule has 0 spiro atoms. The third kappa shape index (κ3) is 6.45. The lowest BCUT2D eigenvalue weighted by atomic mass is 10.2. The zero-order valence-corrected chi connectivity index (χ0v) is 11.5. The minimum Gasteiger partial charge on any atom is -0.469 e. The lowest BCUT2D eigenvalue weighted by Gasteiger charge is -2.12. The van der Waals surface area contributed by atoms with E-state index in [1.807, 2.05) is 12.1 Å². The van der Waals surface area contributed by atoms with Gasteiger partial charge in [0.1, 0.15) is 5.76 Å². The van der Waals surface area contributed by atoms with Crippen LogP contribution in [-0.4, -0.2) is 25.0 Å². The summed E-state index contributed by atoms with van der Waals surface area (Å²) >= 11 is 0. The van der Waals surface area contributed by atoms with Crippen molar-refractivity contribution in [1.82, 2.24) is 10.6 Å². The van der Waals surface area contributed by atoms with Gasteiger partial charge in [-0.05, 0) is 25.0 Å². The van der Waals surface area contributed by atoms with Crippen molar-refractivity contribution in [2.75, 3.05) is 13.1 Å². The second-order valence-corrected chi connectivity index (χ2v) is 5.09. The van der Waals surface area contributed by atoms with Gasteiger partial charge < -0.3 is 15.1 Å². The fourth-order valence-electron chi connectivity index (χ4n) is 1.64. The van der Waals surface area contributed by atoms with Gasteiger partial charge in [0.2, 0.25) is 5.91 Å². The van der Waals surface area contributed by atoms with Gasteiger partial charge in [0.25, 0.3) is 0 Å². The van der Waals surface area contributed by atoms with Crippen LogP contribution in [0.15, 0.2) is 22.8 Å². The lowest BCUT2D eigenvalue weighted by Crippen LogP contribution is -2.34. The van der Waals surface area contributed by atoms with Gasteiger partial charge in [0.05, 0.1) is 6.26 Å². The molecule has 1 atom stereocenters. The van der Waals surface area contributed by atoms with E-state index in [0.29, 0.717) is 24.9 Å². The molecule has 0 bridgehead atoms. The maximum atomic E-state index is 11.5. The monoisotopic (exact) mass is 252 g/mol. The quantitative estimate of drug-likeness (QED) is 0.743. The van der Waals surface area contributed by atoms with E-state index in [-0.39, 0.29) is 5.91 Å². The molecule has 2 N–H and O–H groups in total. The summed E-state index contributed by atoms with van der Waals surface area (Å²) in [6.45, 7) is 7.72. The first-order chi connectivity index (χ1) is 8.58. The molecule has 0 aliphatic heterocycles. The zero-order valence-electron chi connectivity index (χ0n) is 11.5. The second-order valence-electron chi connectivity index (χ2n) is 5.09. The van der Waals surface area contributed by atoms with Crippen LogP contribution in [-0.2, 0) is 11.2 Å². The zero-order chi connectivity index (χ0) is 13.4. The molecule has 18 heavy (non-hydrogen) atoms. The minimum atomic E-state index is 0.112. The molecule has 1 heterocycles. The Bertz CT molecular complexity index is 334. The standard InChI is InChI=1S/C14H24N2O2/c1-11(2)10-16-14(17)6-7-15-12(3)9-13-5-4-8-18-13/h4-5,8,11-12,15H,6-7,9-10H2,1-3H3,(H,16,17). The van der Waals surface area contributed by atoms with Crippen LogP contribution in [0.2, 0.25) is 0 Å². The van der Waals surface area contributed by atoms with E-state index in [9.17, 15) is 4.79 Å². The highest BCUT2D eigenvalue weighted by Gasteiger charge is 2.06. The van der Waals surface area contributed by atoms with Gasteiger partial charge >= 0.3 is 0 Å². The van der Waals surface area contributed by atoms with Gasteiger partial charge in [0.15, 0.2) is 0 Å². The second kappa shape index (κ2) is 7.93. The Morgan fingerprint density at radius 3 is 2.78 bits per heavy atom. The van der Waals surface area contributed by atoms with Gasteiger partial charge in [0, 0.05) is 32.0 Å². The first kappa shape index (κ1) is 14.8. The van der Waals surface area contributed by atoms with Gasteiger partial charge in [-0.1, -0.05) is 13.8 Å². The molecule has 4 heteroatoms. The van der Waals surface area contributed by atoms with Crippen molar-refractivity contribution in [1.29, 1.82) is 0 Å². The molecule has 1 unspecified atom stereocenters. The highest BCUT2D eigenvalue weighted by molar-refractivity contribution is 5.76. The Balaban J connectivity index is 2.08. The van der Waals surface area contributed by atoms with Crippen LogP contribution in [0.25, 0.3) is 0 Å². The molecular weight excluding hydrogens is 228 g/mol. The summed E-state index contributed by atoms with van der Waals surface area (Å²) in [6, 6.07) is 4.17. The average Bonchev–Trinajstić information content (AvgIpc) is 2.79. The molecule has 1 rings (SSSR count). The van der Waals surface area contributed by atoms with Gasteiger partial charge in [-0.2, -0.15) is 0 Å². The average molecular weight is 252 g/mol. The molecule has 4 nitrogen and oxygen atoms in total. The number of hydrogen-bond acceptors (Lipinski definition) is 3. The van der Waals surface area contributed by atoms with E-state index in [4.69, 9.17) is 4.42 Å². The summed E-state index contributed by atoms with van der Waals surface area (Å²) in [7, 11) is 0. The Morgan fingerprint density at radius 2 is 2.17 bits per heavy atom. The van der Waals surface area contributed by atoms with Crippen LogP contribution in [0.5, 0.6) is 0 Å². The van der Waals surface area contributed by atoms with Crippen LogP contribution in [0, 0.1) is 5.92 Å². The summed E-state index contributed by atoms with van der Waals surface area (Å²) in [5, 5.41) is 6.22. The highest BCUT2D eigenvalue weighted by Crippen LogP contribution is 2.03. The Labute approximate surface area is 109 Å². The summed E-state index contributed by atoms with van der Waals surface area (Å²) in [4.78, 5) is 11.5. The van der Waals surface area contributed by atoms with Crippen molar-refractivity contribution < 1.29 is 9.21 Å².